The third-order valence-corrected chi connectivity index (χ3v) is 9.09. The first-order chi connectivity index (χ1) is 19.5. The van der Waals surface area contributed by atoms with Crippen LogP contribution in [0.25, 0.3) is 21.6 Å². The van der Waals surface area contributed by atoms with Gasteiger partial charge in [-0.15, -0.1) is 11.3 Å². The Morgan fingerprint density at radius 3 is 2.54 bits per heavy atom. The lowest BCUT2D eigenvalue weighted by Gasteiger charge is -2.29. The fourth-order valence-corrected chi connectivity index (χ4v) is 6.39. The van der Waals surface area contributed by atoms with Gasteiger partial charge in [0.25, 0.3) is 5.56 Å². The number of benzene rings is 1. The Balaban J connectivity index is 1.43. The molecule has 0 radical (unpaired) electrons. The van der Waals surface area contributed by atoms with E-state index >= 15 is 0 Å². The third kappa shape index (κ3) is 6.93. The molecule has 1 aromatic carbocycles. The molecular weight excluding hydrogens is 577 g/mol. The van der Waals surface area contributed by atoms with Gasteiger partial charge >= 0.3 is 6.18 Å². The Morgan fingerprint density at radius 1 is 1.17 bits per heavy atom. The molecule has 0 aliphatic carbocycles. The van der Waals surface area contributed by atoms with Crippen LogP contribution < -0.4 is 15.6 Å². The van der Waals surface area contributed by atoms with Crippen molar-refractivity contribution in [3.05, 3.63) is 52.3 Å². The maximum absolute atomic E-state index is 13.6. The molecule has 0 amide bonds. The molecule has 5 rings (SSSR count). The number of fused-ring (bicyclic) bond motifs is 1. The molecule has 1 atom stereocenters. The summed E-state index contributed by atoms with van der Waals surface area (Å²) >= 11 is 1.05. The lowest BCUT2D eigenvalue weighted by atomic mass is 10.1. The van der Waals surface area contributed by atoms with Crippen LogP contribution in [0.15, 0.2) is 51.7 Å². The molecule has 0 bridgehead atoms. The monoisotopic (exact) mass is 606 g/mol. The predicted octanol–water partition coefficient (Wildman–Crippen LogP) is 5.21. The predicted molar refractivity (Wildman–Crippen MR) is 153 cm³/mol. The summed E-state index contributed by atoms with van der Waals surface area (Å²) in [6, 6.07) is 8.57. The van der Waals surface area contributed by atoms with E-state index in [0.29, 0.717) is 10.3 Å². The van der Waals surface area contributed by atoms with E-state index in [0.717, 1.165) is 43.0 Å². The van der Waals surface area contributed by atoms with Crippen molar-refractivity contribution in [1.29, 1.82) is 0 Å². The number of thiazole rings is 1. The van der Waals surface area contributed by atoms with Gasteiger partial charge in [0, 0.05) is 41.0 Å². The molecule has 1 unspecified atom stereocenters. The normalized spacial score (nSPS) is 15.9. The first-order valence-corrected chi connectivity index (χ1v) is 15.1. The number of nitrogens with one attached hydrogen (secondary N) is 1. The summed E-state index contributed by atoms with van der Waals surface area (Å²) in [4.78, 5) is 28.4. The van der Waals surface area contributed by atoms with Crippen molar-refractivity contribution in [1.82, 2.24) is 24.4 Å². The molecule has 1 N–H and O–H groups in total. The SMILES string of the molecule is CC(C)S(=O)c1csc(-c2cc3cnc(Nc4ccc(OC5CCN(C)CC5)cc4)nc3n(CC(F)(F)F)c2=O)n1. The summed E-state index contributed by atoms with van der Waals surface area (Å²) in [6.07, 6.45) is -1.27. The summed E-state index contributed by atoms with van der Waals surface area (Å²) in [6.45, 7) is 3.96. The molecule has 4 aromatic rings. The summed E-state index contributed by atoms with van der Waals surface area (Å²) in [5.74, 6) is 0.757. The van der Waals surface area contributed by atoms with E-state index in [1.807, 2.05) is 12.1 Å². The summed E-state index contributed by atoms with van der Waals surface area (Å²) in [5.41, 5.74) is -0.498. The number of hydrogen-bond donors (Lipinski definition) is 1. The van der Waals surface area contributed by atoms with Crippen molar-refractivity contribution < 1.29 is 22.1 Å². The summed E-state index contributed by atoms with van der Waals surface area (Å²) < 4.78 is 59.8. The van der Waals surface area contributed by atoms with Crippen molar-refractivity contribution in [3.8, 4) is 16.3 Å². The van der Waals surface area contributed by atoms with Crippen LogP contribution in [0, 0.1) is 0 Å². The summed E-state index contributed by atoms with van der Waals surface area (Å²) in [5, 5.41) is 5.03. The van der Waals surface area contributed by atoms with E-state index in [2.05, 4.69) is 32.2 Å². The van der Waals surface area contributed by atoms with Gasteiger partial charge in [0.15, 0.2) is 0 Å². The molecule has 1 saturated heterocycles. The molecule has 41 heavy (non-hydrogen) atoms. The minimum Gasteiger partial charge on any atom is -0.490 e. The van der Waals surface area contributed by atoms with E-state index in [1.54, 1.807) is 31.4 Å². The van der Waals surface area contributed by atoms with Crippen molar-refractivity contribution in [2.75, 3.05) is 25.5 Å². The highest BCUT2D eigenvalue weighted by Crippen LogP contribution is 2.28. The van der Waals surface area contributed by atoms with Crippen LogP contribution in [0.5, 0.6) is 5.75 Å². The number of anilines is 2. The number of rotatable bonds is 8. The van der Waals surface area contributed by atoms with Crippen molar-refractivity contribution in [3.63, 3.8) is 0 Å². The Kier molecular flexibility index (Phi) is 8.43. The maximum Gasteiger partial charge on any atom is 0.406 e. The second kappa shape index (κ2) is 11.9. The van der Waals surface area contributed by atoms with E-state index < -0.39 is 29.1 Å². The zero-order chi connectivity index (χ0) is 29.3. The number of piperidine rings is 1. The second-order valence-electron chi connectivity index (χ2n) is 10.1. The average Bonchev–Trinajstić information content (AvgIpc) is 3.41. The van der Waals surface area contributed by atoms with Crippen molar-refractivity contribution >= 4 is 44.8 Å². The van der Waals surface area contributed by atoms with Gasteiger partial charge in [-0.1, -0.05) is 13.8 Å². The molecule has 218 valence electrons. The zero-order valence-electron chi connectivity index (χ0n) is 22.6. The van der Waals surface area contributed by atoms with E-state index in [4.69, 9.17) is 4.74 Å². The van der Waals surface area contributed by atoms with Gasteiger partial charge in [0.2, 0.25) is 5.95 Å². The smallest absolute Gasteiger partial charge is 0.406 e. The van der Waals surface area contributed by atoms with Gasteiger partial charge in [-0.3, -0.25) is 13.6 Å². The number of halogens is 3. The molecule has 1 aliphatic heterocycles. The minimum atomic E-state index is -4.68. The van der Waals surface area contributed by atoms with Crippen LogP contribution >= 0.6 is 11.3 Å². The summed E-state index contributed by atoms with van der Waals surface area (Å²) in [7, 11) is 0.682. The van der Waals surface area contributed by atoms with Gasteiger partial charge in [-0.05, 0) is 50.2 Å². The van der Waals surface area contributed by atoms with E-state index in [9.17, 15) is 22.2 Å². The number of pyridine rings is 1. The number of hydrogen-bond acceptors (Lipinski definition) is 9. The molecule has 3 aromatic heterocycles. The molecule has 0 spiro atoms. The maximum atomic E-state index is 13.6. The quantitative estimate of drug-likeness (QED) is 0.292. The van der Waals surface area contributed by atoms with Crippen molar-refractivity contribution in [2.24, 2.45) is 0 Å². The van der Waals surface area contributed by atoms with E-state index in [1.165, 1.54) is 12.3 Å². The van der Waals surface area contributed by atoms with E-state index in [-0.39, 0.29) is 43.9 Å². The topological polar surface area (TPSA) is 102 Å². The highest BCUT2D eigenvalue weighted by Gasteiger charge is 2.31. The average molecular weight is 607 g/mol. The number of ether oxygens (including phenoxy) is 1. The highest BCUT2D eigenvalue weighted by atomic mass is 32.2. The number of alkyl halides is 3. The van der Waals surface area contributed by atoms with Crippen LogP contribution in [-0.4, -0.2) is 66.3 Å². The Labute approximate surface area is 240 Å². The van der Waals surface area contributed by atoms with Crippen LogP contribution in [0.4, 0.5) is 24.8 Å². The molecule has 1 fully saturated rings. The van der Waals surface area contributed by atoms with Crippen LogP contribution in [0.2, 0.25) is 0 Å². The molecule has 1 aliphatic rings. The van der Waals surface area contributed by atoms with Gasteiger partial charge < -0.3 is 15.0 Å². The largest absolute Gasteiger partial charge is 0.490 e. The van der Waals surface area contributed by atoms with Crippen LogP contribution in [0.3, 0.4) is 0 Å². The first kappa shape index (κ1) is 29.1. The zero-order valence-corrected chi connectivity index (χ0v) is 24.3. The van der Waals surface area contributed by atoms with Gasteiger partial charge in [-0.2, -0.15) is 18.2 Å². The van der Waals surface area contributed by atoms with Gasteiger partial charge in [0.05, 0.1) is 16.4 Å². The van der Waals surface area contributed by atoms with Gasteiger partial charge in [-0.25, -0.2) is 9.97 Å². The lowest BCUT2D eigenvalue weighted by molar-refractivity contribution is -0.140. The fraction of sp³-hybridized carbons (Fsp3) is 0.407. The second-order valence-corrected chi connectivity index (χ2v) is 13.0. The molecule has 9 nitrogen and oxygen atoms in total. The Bertz CT molecular complexity index is 1610. The van der Waals surface area contributed by atoms with Gasteiger partial charge in [0.1, 0.15) is 34.1 Å². The minimum absolute atomic E-state index is 0.0356. The fourth-order valence-electron chi connectivity index (χ4n) is 4.46. The van der Waals surface area contributed by atoms with Crippen molar-refractivity contribution in [2.45, 2.75) is 55.8 Å². The first-order valence-electron chi connectivity index (χ1n) is 13.0. The Morgan fingerprint density at radius 2 is 1.88 bits per heavy atom. The third-order valence-electron chi connectivity index (χ3n) is 6.59. The van der Waals surface area contributed by atoms with Crippen LogP contribution in [0.1, 0.15) is 26.7 Å². The lowest BCUT2D eigenvalue weighted by Crippen LogP contribution is -2.35. The van der Waals surface area contributed by atoms with Crippen LogP contribution in [-0.2, 0) is 17.3 Å². The number of likely N-dealkylation sites (tertiary alicyclic amines) is 1. The molecule has 0 saturated carbocycles. The molecule has 14 heteroatoms. The highest BCUT2D eigenvalue weighted by molar-refractivity contribution is 7.85. The molecule has 4 heterocycles. The molecular formula is C27H29F3N6O3S2. The number of aromatic nitrogens is 4. The Hall–Kier alpha value is -3.36. The standard InChI is InChI=1S/C27H29F3N6O3S2/c1-16(2)41(38)22-14-40-24(33-22)21-12-17-13-31-26(34-23(17)36(25(21)37)15-27(28,29)30)32-18-4-6-19(7-5-18)39-20-8-10-35(3)11-9-20/h4-7,12-14,16,20H,8-11,15H2,1-3H3,(H,31,32,34). The number of nitrogens with zero attached hydrogens (tertiary/aromatic N) is 5.